The van der Waals surface area contributed by atoms with Crippen LogP contribution in [0.1, 0.15) is 25.3 Å². The fraction of sp³-hybridized carbons (Fsp3) is 0.200. The van der Waals surface area contributed by atoms with Crippen LogP contribution >= 0.6 is 11.8 Å². The van der Waals surface area contributed by atoms with Gasteiger partial charge >= 0.3 is 0 Å². The Bertz CT molecular complexity index is 800. The molecule has 1 aliphatic rings. The number of thioether (sulfide) groups is 1. The van der Waals surface area contributed by atoms with E-state index < -0.39 is 0 Å². The third-order valence-electron chi connectivity index (χ3n) is 3.60. The van der Waals surface area contributed by atoms with Gasteiger partial charge in [0, 0.05) is 5.56 Å². The first-order valence-electron chi connectivity index (χ1n) is 8.32. The number of benzene rings is 2. The molecule has 0 bridgehead atoms. The number of amides is 1. The maximum atomic E-state index is 12.2. The zero-order chi connectivity index (χ0) is 17.5. The summed E-state index contributed by atoms with van der Waals surface area (Å²) in [5.74, 6) is 0.661. The number of nitrogens with zero attached hydrogens (tertiary/aromatic N) is 1. The Morgan fingerprint density at radius 1 is 1.12 bits per heavy atom. The molecule has 4 nitrogen and oxygen atoms in total. The Labute approximate surface area is 152 Å². The Morgan fingerprint density at radius 2 is 1.88 bits per heavy atom. The van der Waals surface area contributed by atoms with Crippen molar-refractivity contribution in [3.05, 3.63) is 65.1 Å². The number of nitrogens with one attached hydrogen (secondary N) is 1. The first-order chi connectivity index (χ1) is 12.3. The van der Waals surface area contributed by atoms with E-state index in [0.29, 0.717) is 16.7 Å². The molecule has 2 aromatic carbocycles. The minimum Gasteiger partial charge on any atom is -0.493 e. The van der Waals surface area contributed by atoms with E-state index in [1.54, 1.807) is 0 Å². The van der Waals surface area contributed by atoms with Crippen molar-refractivity contribution >= 4 is 34.6 Å². The van der Waals surface area contributed by atoms with E-state index >= 15 is 0 Å². The number of aliphatic imine (C=N–C) groups is 1. The van der Waals surface area contributed by atoms with Gasteiger partial charge in [0.25, 0.3) is 5.91 Å². The predicted molar refractivity (Wildman–Crippen MR) is 104 cm³/mol. The van der Waals surface area contributed by atoms with Crippen molar-refractivity contribution in [3.63, 3.8) is 0 Å². The lowest BCUT2D eigenvalue weighted by atomic mass is 10.2. The highest BCUT2D eigenvalue weighted by molar-refractivity contribution is 8.18. The van der Waals surface area contributed by atoms with Crippen molar-refractivity contribution in [2.24, 2.45) is 4.99 Å². The molecule has 1 fully saturated rings. The molecule has 0 atom stereocenters. The van der Waals surface area contributed by atoms with Gasteiger partial charge in [0.15, 0.2) is 5.17 Å². The summed E-state index contributed by atoms with van der Waals surface area (Å²) in [6.07, 6.45) is 3.95. The van der Waals surface area contributed by atoms with E-state index in [1.807, 2.05) is 60.7 Å². The highest BCUT2D eigenvalue weighted by atomic mass is 32.2. The Hall–Kier alpha value is -2.53. The lowest BCUT2D eigenvalue weighted by Gasteiger charge is -2.08. The molecule has 1 aliphatic heterocycles. The van der Waals surface area contributed by atoms with Gasteiger partial charge in [-0.15, -0.1) is 0 Å². The number of carbonyl (C=O) groups excluding carboxylic acids is 1. The number of ether oxygens (including phenoxy) is 1. The molecule has 0 aliphatic carbocycles. The summed E-state index contributed by atoms with van der Waals surface area (Å²) in [7, 11) is 0. The van der Waals surface area contributed by atoms with Gasteiger partial charge in [-0.05, 0) is 42.5 Å². The second-order valence-electron chi connectivity index (χ2n) is 5.56. The maximum Gasteiger partial charge on any atom is 0.264 e. The van der Waals surface area contributed by atoms with Gasteiger partial charge < -0.3 is 10.1 Å². The summed E-state index contributed by atoms with van der Waals surface area (Å²) in [5, 5.41) is 3.40. The van der Waals surface area contributed by atoms with Crippen LogP contribution in [0.2, 0.25) is 0 Å². The first kappa shape index (κ1) is 17.3. The van der Waals surface area contributed by atoms with Crippen LogP contribution in [0.5, 0.6) is 5.75 Å². The molecular weight excluding hydrogens is 332 g/mol. The monoisotopic (exact) mass is 352 g/mol. The summed E-state index contributed by atoms with van der Waals surface area (Å²) in [6, 6.07) is 17.3. The molecule has 0 radical (unpaired) electrons. The summed E-state index contributed by atoms with van der Waals surface area (Å²) >= 11 is 1.34. The molecule has 0 unspecified atom stereocenters. The van der Waals surface area contributed by atoms with Crippen molar-refractivity contribution < 1.29 is 9.53 Å². The van der Waals surface area contributed by atoms with Gasteiger partial charge in [-0.2, -0.15) is 0 Å². The lowest BCUT2D eigenvalue weighted by molar-refractivity contribution is -0.115. The number of hydrogen-bond donors (Lipinski definition) is 1. The molecule has 3 rings (SSSR count). The number of amidine groups is 1. The molecule has 1 N–H and O–H groups in total. The van der Waals surface area contributed by atoms with Crippen molar-refractivity contribution in [2.75, 3.05) is 6.61 Å². The normalized spacial score (nSPS) is 17.1. The molecule has 1 heterocycles. The van der Waals surface area contributed by atoms with Gasteiger partial charge in [-0.25, -0.2) is 4.99 Å². The largest absolute Gasteiger partial charge is 0.493 e. The zero-order valence-electron chi connectivity index (χ0n) is 14.1. The third-order valence-corrected chi connectivity index (χ3v) is 4.51. The minimum atomic E-state index is -0.136. The molecule has 1 saturated heterocycles. The van der Waals surface area contributed by atoms with Crippen LogP contribution in [0, 0.1) is 0 Å². The Balaban J connectivity index is 1.78. The van der Waals surface area contributed by atoms with Crippen molar-refractivity contribution in [3.8, 4) is 5.75 Å². The van der Waals surface area contributed by atoms with Crippen LogP contribution in [-0.2, 0) is 4.79 Å². The number of unbranched alkanes of at least 4 members (excludes halogenated alkanes) is 1. The standard InChI is InChI=1S/C20H20N2O2S/c1-2-3-13-24-17-12-8-7-9-15(17)14-18-19(23)22-20(25-18)21-16-10-5-4-6-11-16/h4-12,14H,2-3,13H2,1H3,(H,21,22,23)/b18-14-. The molecule has 0 spiro atoms. The molecule has 5 heteroatoms. The Morgan fingerprint density at radius 3 is 2.68 bits per heavy atom. The number of hydrogen-bond acceptors (Lipinski definition) is 4. The van der Waals surface area contributed by atoms with E-state index in [9.17, 15) is 4.79 Å². The van der Waals surface area contributed by atoms with Crippen molar-refractivity contribution in [1.82, 2.24) is 5.32 Å². The van der Waals surface area contributed by atoms with E-state index in [1.165, 1.54) is 11.8 Å². The van der Waals surface area contributed by atoms with E-state index in [0.717, 1.165) is 29.8 Å². The Kier molecular flexibility index (Phi) is 5.90. The highest BCUT2D eigenvalue weighted by Crippen LogP contribution is 2.30. The second-order valence-corrected chi connectivity index (χ2v) is 6.59. The molecule has 1 amide bonds. The average molecular weight is 352 g/mol. The summed E-state index contributed by atoms with van der Waals surface area (Å²) in [6.45, 7) is 2.81. The van der Waals surface area contributed by atoms with Gasteiger partial charge in [-0.3, -0.25) is 4.79 Å². The number of para-hydroxylation sites is 2. The number of carbonyl (C=O) groups is 1. The fourth-order valence-corrected chi connectivity index (χ4v) is 3.13. The van der Waals surface area contributed by atoms with Gasteiger partial charge in [0.1, 0.15) is 5.75 Å². The van der Waals surface area contributed by atoms with Crippen LogP contribution in [0.3, 0.4) is 0 Å². The van der Waals surface area contributed by atoms with E-state index in [4.69, 9.17) is 4.74 Å². The molecule has 0 saturated carbocycles. The van der Waals surface area contributed by atoms with Crippen molar-refractivity contribution in [1.29, 1.82) is 0 Å². The predicted octanol–water partition coefficient (Wildman–Crippen LogP) is 4.76. The van der Waals surface area contributed by atoms with E-state index in [-0.39, 0.29) is 5.91 Å². The maximum absolute atomic E-state index is 12.2. The fourth-order valence-electron chi connectivity index (χ4n) is 2.30. The smallest absolute Gasteiger partial charge is 0.264 e. The molecule has 25 heavy (non-hydrogen) atoms. The zero-order valence-corrected chi connectivity index (χ0v) is 14.9. The van der Waals surface area contributed by atoms with Crippen LogP contribution in [0.15, 0.2) is 64.5 Å². The topological polar surface area (TPSA) is 50.7 Å². The molecule has 2 aromatic rings. The lowest BCUT2D eigenvalue weighted by Crippen LogP contribution is -2.19. The summed E-state index contributed by atoms with van der Waals surface area (Å²) in [5.41, 5.74) is 1.71. The summed E-state index contributed by atoms with van der Waals surface area (Å²) < 4.78 is 5.83. The van der Waals surface area contributed by atoms with Gasteiger partial charge in [-0.1, -0.05) is 49.7 Å². The molecular formula is C20H20N2O2S. The quantitative estimate of drug-likeness (QED) is 0.602. The third kappa shape index (κ3) is 4.73. The van der Waals surface area contributed by atoms with Crippen LogP contribution < -0.4 is 10.1 Å². The average Bonchev–Trinajstić information content (AvgIpc) is 2.96. The minimum absolute atomic E-state index is 0.136. The SMILES string of the molecule is CCCCOc1ccccc1/C=C1\SC(=Nc2ccccc2)NC1=O. The van der Waals surface area contributed by atoms with Crippen molar-refractivity contribution in [2.45, 2.75) is 19.8 Å². The van der Waals surface area contributed by atoms with Gasteiger partial charge in [0.05, 0.1) is 17.2 Å². The van der Waals surface area contributed by atoms with Gasteiger partial charge in [0.2, 0.25) is 0 Å². The summed E-state index contributed by atoms with van der Waals surface area (Å²) in [4.78, 5) is 17.3. The first-order valence-corrected chi connectivity index (χ1v) is 9.14. The highest BCUT2D eigenvalue weighted by Gasteiger charge is 2.24. The van der Waals surface area contributed by atoms with Crippen LogP contribution in [0.25, 0.3) is 6.08 Å². The van der Waals surface area contributed by atoms with Crippen LogP contribution in [-0.4, -0.2) is 17.7 Å². The molecule has 128 valence electrons. The van der Waals surface area contributed by atoms with Crippen LogP contribution in [0.4, 0.5) is 5.69 Å². The second kappa shape index (κ2) is 8.53. The van der Waals surface area contributed by atoms with E-state index in [2.05, 4.69) is 17.2 Å². The molecule has 0 aromatic heterocycles. The number of rotatable bonds is 6.